The van der Waals surface area contributed by atoms with Crippen molar-refractivity contribution in [3.63, 3.8) is 0 Å². The van der Waals surface area contributed by atoms with Gasteiger partial charge in [0.2, 0.25) is 5.91 Å². The smallest absolute Gasteiger partial charge is 0.220 e. The summed E-state index contributed by atoms with van der Waals surface area (Å²) in [7, 11) is 1.59. The Hall–Kier alpha value is -0.280. The molecule has 4 heteroatoms. The Morgan fingerprint density at radius 2 is 2.21 bits per heavy atom. The van der Waals surface area contributed by atoms with Crippen LogP contribution in [0.25, 0.3) is 0 Å². The lowest BCUT2D eigenvalue weighted by molar-refractivity contribution is -0.121. The first-order chi connectivity index (χ1) is 6.60. The summed E-state index contributed by atoms with van der Waals surface area (Å²) < 4.78 is 4.85. The highest BCUT2D eigenvalue weighted by Gasteiger charge is 2.09. The van der Waals surface area contributed by atoms with E-state index in [0.29, 0.717) is 25.5 Å². The number of ether oxygens (including phenoxy) is 1. The highest BCUT2D eigenvalue weighted by molar-refractivity contribution is 6.21. The Morgan fingerprint density at radius 1 is 1.57 bits per heavy atom. The Morgan fingerprint density at radius 3 is 2.71 bits per heavy atom. The SMILES string of the molecule is CCC(C)CC(=O)NCC(Cl)COC. The lowest BCUT2D eigenvalue weighted by Crippen LogP contribution is -2.32. The van der Waals surface area contributed by atoms with E-state index < -0.39 is 0 Å². The molecule has 0 aliphatic carbocycles. The summed E-state index contributed by atoms with van der Waals surface area (Å²) in [6.45, 7) is 5.08. The second-order valence-electron chi connectivity index (χ2n) is 3.57. The molecule has 3 nitrogen and oxygen atoms in total. The maximum absolute atomic E-state index is 11.3. The minimum absolute atomic E-state index is 0.0705. The summed E-state index contributed by atoms with van der Waals surface area (Å²) in [5, 5.41) is 2.64. The topological polar surface area (TPSA) is 38.3 Å². The molecule has 0 aromatic rings. The van der Waals surface area contributed by atoms with Gasteiger partial charge in [-0.1, -0.05) is 20.3 Å². The van der Waals surface area contributed by atoms with Crippen LogP contribution in [0.15, 0.2) is 0 Å². The van der Waals surface area contributed by atoms with Gasteiger partial charge in [-0.05, 0) is 5.92 Å². The van der Waals surface area contributed by atoms with Crippen LogP contribution >= 0.6 is 11.6 Å². The monoisotopic (exact) mass is 221 g/mol. The Labute approximate surface area is 91.2 Å². The summed E-state index contributed by atoms with van der Waals surface area (Å²) in [5.74, 6) is 0.507. The van der Waals surface area contributed by atoms with Gasteiger partial charge in [-0.2, -0.15) is 0 Å². The van der Waals surface area contributed by atoms with Crippen molar-refractivity contribution >= 4 is 17.5 Å². The fraction of sp³-hybridized carbons (Fsp3) is 0.900. The Balaban J connectivity index is 3.53. The molecule has 0 aromatic heterocycles. The van der Waals surface area contributed by atoms with Crippen molar-refractivity contribution in [1.29, 1.82) is 0 Å². The number of carbonyl (C=O) groups is 1. The fourth-order valence-electron chi connectivity index (χ4n) is 0.997. The van der Waals surface area contributed by atoms with Crippen molar-refractivity contribution in [3.8, 4) is 0 Å². The molecular formula is C10H20ClNO2. The summed E-state index contributed by atoms with van der Waals surface area (Å²) in [5.41, 5.74) is 0. The second kappa shape index (κ2) is 8.06. The zero-order chi connectivity index (χ0) is 11.0. The number of hydrogen-bond donors (Lipinski definition) is 1. The van der Waals surface area contributed by atoms with Gasteiger partial charge >= 0.3 is 0 Å². The molecule has 0 heterocycles. The van der Waals surface area contributed by atoms with E-state index in [0.717, 1.165) is 6.42 Å². The van der Waals surface area contributed by atoms with Crippen LogP contribution in [-0.4, -0.2) is 31.5 Å². The highest BCUT2D eigenvalue weighted by Crippen LogP contribution is 2.05. The number of hydrogen-bond acceptors (Lipinski definition) is 2. The number of alkyl halides is 1. The second-order valence-corrected chi connectivity index (χ2v) is 4.19. The predicted octanol–water partition coefficient (Wildman–Crippen LogP) is 1.79. The molecular weight excluding hydrogens is 202 g/mol. The molecule has 0 spiro atoms. The van der Waals surface area contributed by atoms with Gasteiger partial charge in [0.05, 0.1) is 12.0 Å². The van der Waals surface area contributed by atoms with E-state index in [1.165, 1.54) is 0 Å². The molecule has 1 amide bonds. The zero-order valence-corrected chi connectivity index (χ0v) is 9.93. The van der Waals surface area contributed by atoms with Crippen LogP contribution in [-0.2, 0) is 9.53 Å². The molecule has 0 rings (SSSR count). The van der Waals surface area contributed by atoms with Crippen LogP contribution in [0.2, 0.25) is 0 Å². The highest BCUT2D eigenvalue weighted by atomic mass is 35.5. The van der Waals surface area contributed by atoms with Gasteiger partial charge in [-0.15, -0.1) is 11.6 Å². The van der Waals surface area contributed by atoms with E-state index in [9.17, 15) is 4.79 Å². The van der Waals surface area contributed by atoms with Gasteiger partial charge in [0.1, 0.15) is 0 Å². The first-order valence-corrected chi connectivity index (χ1v) is 5.43. The van der Waals surface area contributed by atoms with Crippen LogP contribution in [0.5, 0.6) is 0 Å². The zero-order valence-electron chi connectivity index (χ0n) is 9.18. The van der Waals surface area contributed by atoms with Crippen molar-refractivity contribution in [2.45, 2.75) is 32.1 Å². The van der Waals surface area contributed by atoms with Crippen molar-refractivity contribution in [3.05, 3.63) is 0 Å². The molecule has 0 aliphatic heterocycles. The molecule has 0 radical (unpaired) electrons. The van der Waals surface area contributed by atoms with Crippen LogP contribution in [0.1, 0.15) is 26.7 Å². The average molecular weight is 222 g/mol. The number of halogens is 1. The molecule has 14 heavy (non-hydrogen) atoms. The molecule has 0 bridgehead atoms. The van der Waals surface area contributed by atoms with E-state index in [4.69, 9.17) is 16.3 Å². The standard InChI is InChI=1S/C10H20ClNO2/c1-4-8(2)5-10(13)12-6-9(11)7-14-3/h8-9H,4-7H2,1-3H3,(H,12,13). The molecule has 2 atom stereocenters. The van der Waals surface area contributed by atoms with Crippen molar-refractivity contribution in [1.82, 2.24) is 5.32 Å². The number of rotatable bonds is 7. The number of carbonyl (C=O) groups excluding carboxylic acids is 1. The minimum atomic E-state index is -0.138. The third-order valence-corrected chi connectivity index (χ3v) is 2.38. The number of methoxy groups -OCH3 is 1. The lowest BCUT2D eigenvalue weighted by Gasteiger charge is -2.11. The van der Waals surface area contributed by atoms with Gasteiger partial charge in [0, 0.05) is 20.1 Å². The van der Waals surface area contributed by atoms with E-state index >= 15 is 0 Å². The largest absolute Gasteiger partial charge is 0.383 e. The van der Waals surface area contributed by atoms with Crippen molar-refractivity contribution < 1.29 is 9.53 Å². The molecule has 0 saturated carbocycles. The third kappa shape index (κ3) is 7.15. The molecule has 84 valence electrons. The van der Waals surface area contributed by atoms with Gasteiger partial charge in [0.15, 0.2) is 0 Å². The van der Waals surface area contributed by atoms with Gasteiger partial charge in [0.25, 0.3) is 0 Å². The summed E-state index contributed by atoms with van der Waals surface area (Å²) >= 11 is 5.86. The van der Waals surface area contributed by atoms with E-state index in [2.05, 4.69) is 19.2 Å². The van der Waals surface area contributed by atoms with Crippen LogP contribution in [0, 0.1) is 5.92 Å². The van der Waals surface area contributed by atoms with Crippen molar-refractivity contribution in [2.24, 2.45) is 5.92 Å². The van der Waals surface area contributed by atoms with Gasteiger partial charge in [-0.25, -0.2) is 0 Å². The van der Waals surface area contributed by atoms with Crippen LogP contribution < -0.4 is 5.32 Å². The van der Waals surface area contributed by atoms with E-state index in [1.807, 2.05) is 0 Å². The Kier molecular flexibility index (Phi) is 7.90. The molecule has 0 aromatic carbocycles. The summed E-state index contributed by atoms with van der Waals surface area (Å²) in [4.78, 5) is 11.3. The fourth-order valence-corrected chi connectivity index (χ4v) is 1.20. The van der Waals surface area contributed by atoms with Crippen LogP contribution in [0.4, 0.5) is 0 Å². The summed E-state index contributed by atoms with van der Waals surface area (Å²) in [6, 6.07) is 0. The van der Waals surface area contributed by atoms with Crippen molar-refractivity contribution in [2.75, 3.05) is 20.3 Å². The van der Waals surface area contributed by atoms with Crippen LogP contribution in [0.3, 0.4) is 0 Å². The van der Waals surface area contributed by atoms with Gasteiger partial charge < -0.3 is 10.1 Å². The third-order valence-electron chi connectivity index (χ3n) is 2.10. The Bertz CT molecular complexity index is 164. The average Bonchev–Trinajstić information content (AvgIpc) is 2.15. The molecule has 0 aliphatic rings. The minimum Gasteiger partial charge on any atom is -0.383 e. The first-order valence-electron chi connectivity index (χ1n) is 4.99. The van der Waals surface area contributed by atoms with E-state index in [1.54, 1.807) is 7.11 Å². The first kappa shape index (κ1) is 13.7. The quantitative estimate of drug-likeness (QED) is 0.666. The molecule has 0 saturated heterocycles. The predicted molar refractivity (Wildman–Crippen MR) is 58.6 cm³/mol. The lowest BCUT2D eigenvalue weighted by atomic mass is 10.1. The molecule has 2 unspecified atom stereocenters. The summed E-state index contributed by atoms with van der Waals surface area (Å²) in [6.07, 6.45) is 1.60. The maximum atomic E-state index is 11.3. The maximum Gasteiger partial charge on any atom is 0.220 e. The normalized spacial score (nSPS) is 14.9. The van der Waals surface area contributed by atoms with Gasteiger partial charge in [-0.3, -0.25) is 4.79 Å². The number of amides is 1. The molecule has 0 fully saturated rings. The molecule has 1 N–H and O–H groups in total. The van der Waals surface area contributed by atoms with E-state index in [-0.39, 0.29) is 11.3 Å². The number of nitrogens with one attached hydrogen (secondary N) is 1.